The average molecular weight is 460 g/mol. The van der Waals surface area contributed by atoms with Crippen LogP contribution in [0.2, 0.25) is 0 Å². The molecule has 2 aromatic rings. The summed E-state index contributed by atoms with van der Waals surface area (Å²) in [5, 5.41) is 16.9. The molecule has 4 rings (SSSR count). The highest BCUT2D eigenvalue weighted by molar-refractivity contribution is 7.16. The van der Waals surface area contributed by atoms with Gasteiger partial charge in [0.1, 0.15) is 17.8 Å². The monoisotopic (exact) mass is 460 g/mol. The van der Waals surface area contributed by atoms with Gasteiger partial charge in [0, 0.05) is 30.0 Å². The molecule has 0 aliphatic carbocycles. The van der Waals surface area contributed by atoms with Crippen molar-refractivity contribution in [3.8, 4) is 0 Å². The average Bonchev–Trinajstić information content (AvgIpc) is 3.36. The van der Waals surface area contributed by atoms with Crippen LogP contribution in [0.4, 0.5) is 5.13 Å². The summed E-state index contributed by atoms with van der Waals surface area (Å²) in [6.07, 6.45) is 1.20. The summed E-state index contributed by atoms with van der Waals surface area (Å²) >= 11 is 2.41. The Hall–Kier alpha value is -3.38. The molecule has 2 aliphatic rings. The van der Waals surface area contributed by atoms with Gasteiger partial charge in [0.05, 0.1) is 11.3 Å². The van der Waals surface area contributed by atoms with Crippen molar-refractivity contribution in [2.75, 3.05) is 5.32 Å². The summed E-state index contributed by atoms with van der Waals surface area (Å²) in [4.78, 5) is 67.1. The SMILES string of the molecule is CC(=O)Nc1ncc(C2=C(C(=O)O)N3C(=O)C(NC(=O)Cc4cccs4)C3C(=O)C2)s1. The number of carbonyl (C=O) groups is 5. The highest BCUT2D eigenvalue weighted by Crippen LogP contribution is 2.41. The number of thiazole rings is 1. The number of amides is 3. The fraction of sp³-hybridized carbons (Fsp3) is 0.263. The minimum Gasteiger partial charge on any atom is -0.477 e. The quantitative estimate of drug-likeness (QED) is 0.542. The van der Waals surface area contributed by atoms with Gasteiger partial charge in [0.15, 0.2) is 10.9 Å². The van der Waals surface area contributed by atoms with Crippen molar-refractivity contribution in [1.29, 1.82) is 0 Å². The van der Waals surface area contributed by atoms with E-state index in [0.717, 1.165) is 21.1 Å². The second kappa shape index (κ2) is 8.04. The third-order valence-electron chi connectivity index (χ3n) is 4.83. The molecule has 2 atom stereocenters. The molecule has 12 heteroatoms. The number of carbonyl (C=O) groups excluding carboxylic acids is 4. The van der Waals surface area contributed by atoms with E-state index in [1.165, 1.54) is 24.5 Å². The third-order valence-corrected chi connectivity index (χ3v) is 6.67. The molecule has 160 valence electrons. The van der Waals surface area contributed by atoms with Crippen molar-refractivity contribution in [3.05, 3.63) is 39.2 Å². The van der Waals surface area contributed by atoms with Gasteiger partial charge in [-0.05, 0) is 11.4 Å². The number of fused-ring (bicyclic) bond motifs is 1. The number of nitrogens with one attached hydrogen (secondary N) is 2. The van der Waals surface area contributed by atoms with E-state index in [1.54, 1.807) is 12.1 Å². The lowest BCUT2D eigenvalue weighted by Crippen LogP contribution is -2.74. The molecule has 3 amide bonds. The number of hydrogen-bond acceptors (Lipinski definition) is 8. The number of carboxylic acids is 1. The van der Waals surface area contributed by atoms with Crippen LogP contribution < -0.4 is 10.6 Å². The number of hydrogen-bond donors (Lipinski definition) is 3. The van der Waals surface area contributed by atoms with Gasteiger partial charge in [-0.15, -0.1) is 11.3 Å². The summed E-state index contributed by atoms with van der Waals surface area (Å²) in [6, 6.07) is 1.44. The van der Waals surface area contributed by atoms with E-state index in [0.29, 0.717) is 4.88 Å². The topological polar surface area (TPSA) is 146 Å². The number of aromatic nitrogens is 1. The van der Waals surface area contributed by atoms with Crippen molar-refractivity contribution in [2.24, 2.45) is 0 Å². The number of anilines is 1. The molecule has 0 spiro atoms. The number of rotatable bonds is 6. The van der Waals surface area contributed by atoms with E-state index in [4.69, 9.17) is 0 Å². The predicted octanol–water partition coefficient (Wildman–Crippen LogP) is 0.870. The van der Waals surface area contributed by atoms with E-state index in [9.17, 15) is 29.1 Å². The number of aliphatic carboxylic acids is 1. The van der Waals surface area contributed by atoms with Crippen LogP contribution in [-0.4, -0.2) is 56.5 Å². The Morgan fingerprint density at radius 1 is 1.32 bits per heavy atom. The first-order valence-electron chi connectivity index (χ1n) is 9.14. The predicted molar refractivity (Wildman–Crippen MR) is 111 cm³/mol. The van der Waals surface area contributed by atoms with Gasteiger partial charge in [0.25, 0.3) is 5.91 Å². The smallest absolute Gasteiger partial charge is 0.352 e. The second-order valence-corrected chi connectivity index (χ2v) is 9.00. The summed E-state index contributed by atoms with van der Waals surface area (Å²) in [7, 11) is 0. The molecule has 1 fully saturated rings. The standard InChI is InChI=1S/C19H16N4O6S2/c1-8(24)21-19-20-7-12(31-19)10-6-11(25)16-14(17(27)23(16)15(10)18(28)29)22-13(26)5-9-3-2-4-30-9/h2-4,7,14,16H,5-6H2,1H3,(H,22,26)(H,28,29)(H,20,21,24). The molecule has 3 N–H and O–H groups in total. The first kappa shape index (κ1) is 20.9. The fourth-order valence-electron chi connectivity index (χ4n) is 3.57. The van der Waals surface area contributed by atoms with Crippen LogP contribution in [0.1, 0.15) is 23.1 Å². The zero-order chi connectivity index (χ0) is 22.3. The molecule has 2 unspecified atom stereocenters. The van der Waals surface area contributed by atoms with E-state index in [1.807, 2.05) is 5.38 Å². The van der Waals surface area contributed by atoms with Gasteiger partial charge in [-0.1, -0.05) is 17.4 Å². The van der Waals surface area contributed by atoms with Gasteiger partial charge < -0.3 is 15.7 Å². The van der Waals surface area contributed by atoms with Crippen LogP contribution in [0.15, 0.2) is 29.4 Å². The lowest BCUT2D eigenvalue weighted by molar-refractivity contribution is -0.159. The van der Waals surface area contributed by atoms with E-state index >= 15 is 0 Å². The van der Waals surface area contributed by atoms with E-state index in [2.05, 4.69) is 15.6 Å². The molecule has 0 saturated carbocycles. The minimum absolute atomic E-state index is 0.0715. The minimum atomic E-state index is -1.36. The lowest BCUT2D eigenvalue weighted by atomic mass is 9.82. The number of allylic oxidation sites excluding steroid dienone is 1. The maximum absolute atomic E-state index is 12.8. The number of Topliss-reactive ketones (excluding diaryl/α,β-unsaturated/α-hetero) is 1. The molecule has 10 nitrogen and oxygen atoms in total. The Labute approximate surface area is 183 Å². The summed E-state index contributed by atoms with van der Waals surface area (Å²) in [5.74, 6) is -3.15. The molecule has 2 aliphatic heterocycles. The molecule has 0 aromatic carbocycles. The Balaban J connectivity index is 1.58. The van der Waals surface area contributed by atoms with E-state index < -0.39 is 29.9 Å². The number of nitrogens with zero attached hydrogens (tertiary/aromatic N) is 2. The summed E-state index contributed by atoms with van der Waals surface area (Å²) < 4.78 is 0. The van der Waals surface area contributed by atoms with Crippen molar-refractivity contribution in [1.82, 2.24) is 15.2 Å². The molecular weight excluding hydrogens is 444 g/mol. The first-order valence-corrected chi connectivity index (χ1v) is 10.8. The summed E-state index contributed by atoms with van der Waals surface area (Å²) in [5.41, 5.74) is -0.157. The van der Waals surface area contributed by atoms with Gasteiger partial charge in [-0.25, -0.2) is 9.78 Å². The fourth-order valence-corrected chi connectivity index (χ4v) is 5.18. The third kappa shape index (κ3) is 3.86. The molecule has 2 aromatic heterocycles. The zero-order valence-corrected chi connectivity index (χ0v) is 17.7. The molecule has 1 saturated heterocycles. The molecular formula is C19H16N4O6S2. The van der Waals surface area contributed by atoms with Gasteiger partial charge in [0.2, 0.25) is 11.8 Å². The van der Waals surface area contributed by atoms with Gasteiger partial charge in [-0.2, -0.15) is 0 Å². The second-order valence-electron chi connectivity index (χ2n) is 6.94. The Bertz CT molecular complexity index is 1140. The van der Waals surface area contributed by atoms with Crippen molar-refractivity contribution < 1.29 is 29.1 Å². The van der Waals surface area contributed by atoms with Crippen LogP contribution in [0.25, 0.3) is 5.57 Å². The molecule has 0 bridgehead atoms. The Morgan fingerprint density at radius 2 is 2.10 bits per heavy atom. The molecule has 31 heavy (non-hydrogen) atoms. The highest BCUT2D eigenvalue weighted by atomic mass is 32.1. The number of thiophene rings is 1. The number of β-lactam (4-membered cyclic amide) rings is 1. The van der Waals surface area contributed by atoms with Crippen molar-refractivity contribution in [3.63, 3.8) is 0 Å². The van der Waals surface area contributed by atoms with E-state index in [-0.39, 0.29) is 40.9 Å². The molecule has 0 radical (unpaired) electrons. The van der Waals surface area contributed by atoms with Crippen LogP contribution in [0.3, 0.4) is 0 Å². The lowest BCUT2D eigenvalue weighted by Gasteiger charge is -2.48. The van der Waals surface area contributed by atoms with Gasteiger partial charge in [-0.3, -0.25) is 24.1 Å². The van der Waals surface area contributed by atoms with Crippen molar-refractivity contribution in [2.45, 2.75) is 31.8 Å². The first-order chi connectivity index (χ1) is 14.8. The maximum Gasteiger partial charge on any atom is 0.352 e. The maximum atomic E-state index is 12.8. The Morgan fingerprint density at radius 3 is 2.74 bits per heavy atom. The van der Waals surface area contributed by atoms with Gasteiger partial charge >= 0.3 is 5.97 Å². The normalized spacial score (nSPS) is 20.2. The van der Waals surface area contributed by atoms with Crippen molar-refractivity contribution >= 4 is 62.9 Å². The van der Waals surface area contributed by atoms with Crippen LogP contribution in [-0.2, 0) is 30.4 Å². The number of carboxylic acid groups (broad SMARTS) is 1. The highest BCUT2D eigenvalue weighted by Gasteiger charge is 2.57. The zero-order valence-electron chi connectivity index (χ0n) is 16.1. The largest absolute Gasteiger partial charge is 0.477 e. The molecule has 4 heterocycles. The summed E-state index contributed by atoms with van der Waals surface area (Å²) in [6.45, 7) is 1.31. The van der Waals surface area contributed by atoms with Crippen LogP contribution in [0.5, 0.6) is 0 Å². The van der Waals surface area contributed by atoms with Crippen LogP contribution in [0, 0.1) is 0 Å². The van der Waals surface area contributed by atoms with Crippen LogP contribution >= 0.6 is 22.7 Å². The number of ketones is 1. The Kier molecular flexibility index (Phi) is 5.41.